The van der Waals surface area contributed by atoms with E-state index < -0.39 is 18.6 Å². The summed E-state index contributed by atoms with van der Waals surface area (Å²) in [5.41, 5.74) is 1.46. The van der Waals surface area contributed by atoms with Crippen molar-refractivity contribution in [2.75, 3.05) is 16.0 Å². The van der Waals surface area contributed by atoms with Crippen molar-refractivity contribution in [3.8, 4) is 5.75 Å². The van der Waals surface area contributed by atoms with Gasteiger partial charge in [-0.2, -0.15) is 8.78 Å². The number of benzene rings is 2. The maximum Gasteiger partial charge on any atom is 0.387 e. The number of carbonyl (C=O) groups is 2. The molecule has 6 nitrogen and oxygen atoms in total. The number of ether oxygens (including phenoxy) is 1. The molecule has 3 rings (SSSR count). The third-order valence-corrected chi connectivity index (χ3v) is 3.60. The first-order valence-corrected chi connectivity index (χ1v) is 7.53. The Kier molecular flexibility index (Phi) is 4.78. The predicted octanol–water partition coefficient (Wildman–Crippen LogP) is 3.05. The molecular weight excluding hydrogens is 332 g/mol. The molecular formula is C17H15F2N3O3. The number of alkyl halides is 2. The number of fused-ring (bicyclic) bond motifs is 1. The van der Waals surface area contributed by atoms with Gasteiger partial charge in [-0.25, -0.2) is 0 Å². The third-order valence-electron chi connectivity index (χ3n) is 3.60. The van der Waals surface area contributed by atoms with E-state index in [1.54, 1.807) is 30.3 Å². The Hall–Kier alpha value is -3.16. The van der Waals surface area contributed by atoms with Crippen molar-refractivity contribution in [2.45, 2.75) is 19.1 Å². The van der Waals surface area contributed by atoms with Crippen LogP contribution in [0, 0.1) is 0 Å². The molecule has 0 aliphatic carbocycles. The molecule has 130 valence electrons. The summed E-state index contributed by atoms with van der Waals surface area (Å²) < 4.78 is 29.2. The van der Waals surface area contributed by atoms with Crippen LogP contribution in [0.2, 0.25) is 0 Å². The first kappa shape index (κ1) is 16.7. The summed E-state index contributed by atoms with van der Waals surface area (Å²) in [5, 5.41) is 8.19. The lowest BCUT2D eigenvalue weighted by Crippen LogP contribution is -2.41. The highest BCUT2D eigenvalue weighted by Crippen LogP contribution is 2.28. The summed E-state index contributed by atoms with van der Waals surface area (Å²) in [6.07, 6.45) is -0.164. The van der Waals surface area contributed by atoms with Gasteiger partial charge in [-0.05, 0) is 24.3 Å². The van der Waals surface area contributed by atoms with Gasteiger partial charge in [-0.1, -0.05) is 24.3 Å². The van der Waals surface area contributed by atoms with Crippen LogP contribution in [0.5, 0.6) is 5.75 Å². The normalized spacial score (nSPS) is 15.8. The van der Waals surface area contributed by atoms with Gasteiger partial charge in [0.25, 0.3) is 0 Å². The van der Waals surface area contributed by atoms with Crippen molar-refractivity contribution >= 4 is 28.9 Å². The van der Waals surface area contributed by atoms with Crippen LogP contribution < -0.4 is 20.7 Å². The topological polar surface area (TPSA) is 79.5 Å². The van der Waals surface area contributed by atoms with Crippen molar-refractivity contribution in [1.29, 1.82) is 0 Å². The maximum atomic E-state index is 12.4. The first-order chi connectivity index (χ1) is 12.0. The summed E-state index contributed by atoms with van der Waals surface area (Å²) in [6.45, 7) is -3.00. The zero-order valence-electron chi connectivity index (χ0n) is 13.0. The van der Waals surface area contributed by atoms with E-state index in [0.29, 0.717) is 11.4 Å². The molecule has 25 heavy (non-hydrogen) atoms. The van der Waals surface area contributed by atoms with Gasteiger partial charge < -0.3 is 20.7 Å². The molecule has 2 aromatic rings. The molecule has 0 radical (unpaired) electrons. The minimum atomic E-state index is -3.00. The second-order valence-corrected chi connectivity index (χ2v) is 5.36. The van der Waals surface area contributed by atoms with E-state index >= 15 is 0 Å². The molecule has 0 spiro atoms. The molecule has 0 saturated carbocycles. The molecule has 0 saturated heterocycles. The molecule has 2 aromatic carbocycles. The highest BCUT2D eigenvalue weighted by Gasteiger charge is 2.27. The summed E-state index contributed by atoms with van der Waals surface area (Å²) in [7, 11) is 0. The lowest BCUT2D eigenvalue weighted by molar-refractivity contribution is -0.122. The number of halogens is 2. The summed E-state index contributed by atoms with van der Waals surface area (Å²) in [5.74, 6) is -0.986. The highest BCUT2D eigenvalue weighted by atomic mass is 19.3. The number of hydrogen-bond acceptors (Lipinski definition) is 4. The molecule has 0 bridgehead atoms. The highest BCUT2D eigenvalue weighted by molar-refractivity contribution is 6.06. The molecule has 1 aliphatic heterocycles. The number of anilines is 3. The first-order valence-electron chi connectivity index (χ1n) is 7.53. The molecule has 0 unspecified atom stereocenters. The number of carbonyl (C=O) groups excluding carboxylic acids is 2. The molecule has 3 N–H and O–H groups in total. The smallest absolute Gasteiger partial charge is 0.387 e. The van der Waals surface area contributed by atoms with Crippen LogP contribution in [0.1, 0.15) is 6.42 Å². The van der Waals surface area contributed by atoms with Crippen LogP contribution >= 0.6 is 0 Å². The molecule has 0 aromatic heterocycles. The van der Waals surface area contributed by atoms with E-state index in [2.05, 4.69) is 20.7 Å². The molecule has 1 atom stereocenters. The Bertz CT molecular complexity index is 798. The number of rotatable bonds is 5. The minimum Gasteiger partial charge on any atom is -0.433 e. The van der Waals surface area contributed by atoms with Gasteiger partial charge in [-0.3, -0.25) is 9.59 Å². The molecule has 0 fully saturated rings. The quantitative estimate of drug-likeness (QED) is 0.777. The Labute approximate surface area is 142 Å². The van der Waals surface area contributed by atoms with Crippen molar-refractivity contribution in [3.63, 3.8) is 0 Å². The van der Waals surface area contributed by atoms with Crippen LogP contribution in [-0.4, -0.2) is 24.5 Å². The van der Waals surface area contributed by atoms with E-state index in [1.807, 2.05) is 0 Å². The zero-order chi connectivity index (χ0) is 17.8. The zero-order valence-corrected chi connectivity index (χ0v) is 13.0. The largest absolute Gasteiger partial charge is 0.433 e. The number of hydrogen-bond donors (Lipinski definition) is 3. The fourth-order valence-corrected chi connectivity index (χ4v) is 2.49. The van der Waals surface area contributed by atoms with E-state index in [4.69, 9.17) is 0 Å². The fourth-order valence-electron chi connectivity index (χ4n) is 2.49. The standard InChI is InChI=1S/C17H15F2N3O3/c18-17(19)25-14-8-4-3-7-12(14)21-15(23)9-13-16(24)22-11-6-2-1-5-10(11)20-13/h1-8,13,17,20H,9H2,(H,21,23)(H,22,24)/t13-/m0/s1. The Morgan fingerprint density at radius 1 is 1.12 bits per heavy atom. The van der Waals surface area contributed by atoms with Crippen molar-refractivity contribution in [2.24, 2.45) is 0 Å². The van der Waals surface area contributed by atoms with Crippen LogP contribution in [0.4, 0.5) is 25.8 Å². The average molecular weight is 347 g/mol. The third kappa shape index (κ3) is 4.03. The second-order valence-electron chi connectivity index (χ2n) is 5.36. The van der Waals surface area contributed by atoms with E-state index in [-0.39, 0.29) is 23.8 Å². The summed E-state index contributed by atoms with van der Waals surface area (Å²) >= 11 is 0. The molecule has 1 aliphatic rings. The number of amides is 2. The lowest BCUT2D eigenvalue weighted by Gasteiger charge is -2.26. The van der Waals surface area contributed by atoms with Gasteiger partial charge in [0.05, 0.1) is 23.5 Å². The lowest BCUT2D eigenvalue weighted by atomic mass is 10.1. The summed E-state index contributed by atoms with van der Waals surface area (Å²) in [6, 6.07) is 12.2. The van der Waals surface area contributed by atoms with Gasteiger partial charge in [0.1, 0.15) is 11.8 Å². The predicted molar refractivity (Wildman–Crippen MR) is 88.8 cm³/mol. The minimum absolute atomic E-state index is 0.115. The number of nitrogens with one attached hydrogen (secondary N) is 3. The van der Waals surface area contributed by atoms with E-state index in [9.17, 15) is 18.4 Å². The van der Waals surface area contributed by atoms with E-state index in [1.165, 1.54) is 18.2 Å². The van der Waals surface area contributed by atoms with Crippen LogP contribution in [-0.2, 0) is 9.59 Å². The van der Waals surface area contributed by atoms with Crippen LogP contribution in [0.15, 0.2) is 48.5 Å². The van der Waals surface area contributed by atoms with Gasteiger partial charge in [0, 0.05) is 0 Å². The van der Waals surface area contributed by atoms with Gasteiger partial charge in [-0.15, -0.1) is 0 Å². The summed E-state index contributed by atoms with van der Waals surface area (Å²) in [4.78, 5) is 24.3. The monoisotopic (exact) mass is 347 g/mol. The second kappa shape index (κ2) is 7.16. The Morgan fingerprint density at radius 2 is 1.80 bits per heavy atom. The maximum absolute atomic E-state index is 12.4. The SMILES string of the molecule is O=C(C[C@@H]1Nc2ccccc2NC1=O)Nc1ccccc1OC(F)F. The molecule has 8 heteroatoms. The van der Waals surface area contributed by atoms with E-state index in [0.717, 1.165) is 0 Å². The van der Waals surface area contributed by atoms with Gasteiger partial charge >= 0.3 is 6.61 Å². The van der Waals surface area contributed by atoms with Crippen LogP contribution in [0.3, 0.4) is 0 Å². The number of para-hydroxylation sites is 4. The van der Waals surface area contributed by atoms with Crippen molar-refractivity contribution in [3.05, 3.63) is 48.5 Å². The Morgan fingerprint density at radius 3 is 2.56 bits per heavy atom. The average Bonchev–Trinajstić information content (AvgIpc) is 2.57. The molecule has 2 amide bonds. The van der Waals surface area contributed by atoms with Crippen LogP contribution in [0.25, 0.3) is 0 Å². The fraction of sp³-hybridized carbons (Fsp3) is 0.176. The van der Waals surface area contributed by atoms with Gasteiger partial charge in [0.2, 0.25) is 11.8 Å². The Balaban J connectivity index is 1.67. The van der Waals surface area contributed by atoms with Crippen molar-refractivity contribution < 1.29 is 23.1 Å². The van der Waals surface area contributed by atoms with Gasteiger partial charge in [0.15, 0.2) is 0 Å². The molecule has 1 heterocycles. The van der Waals surface area contributed by atoms with Crippen molar-refractivity contribution in [1.82, 2.24) is 0 Å².